The summed E-state index contributed by atoms with van der Waals surface area (Å²) in [6.45, 7) is 0.858. The molecule has 0 spiro atoms. The van der Waals surface area contributed by atoms with Crippen LogP contribution in [0.4, 0.5) is 0 Å². The Bertz CT molecular complexity index is 149. The molecule has 14 heavy (non-hydrogen) atoms. The molecular formula is C11H21NO2. The van der Waals surface area contributed by atoms with Gasteiger partial charge in [-0.25, -0.2) is 0 Å². The summed E-state index contributed by atoms with van der Waals surface area (Å²) in [5, 5.41) is 11.2. The number of carboxylic acids is 1. The van der Waals surface area contributed by atoms with Gasteiger partial charge < -0.3 is 10.4 Å². The molecule has 0 aromatic heterocycles. The first-order chi connectivity index (χ1) is 6.80. The van der Waals surface area contributed by atoms with E-state index in [9.17, 15) is 4.79 Å². The van der Waals surface area contributed by atoms with Gasteiger partial charge in [0.1, 0.15) is 6.04 Å². The molecule has 2 N–H and O–H groups in total. The predicted molar refractivity (Wildman–Crippen MR) is 56.4 cm³/mol. The molecule has 3 heteroatoms. The van der Waals surface area contributed by atoms with Crippen LogP contribution in [0.3, 0.4) is 0 Å². The number of aliphatic carboxylic acids is 1. The molecule has 1 saturated carbocycles. The standard InChI is InChI=1S/C6H12.C5H9NO2/c1-2-4-6-5-3-1;7-5(8)4-2-1-3-6-4/h1-6H2;4,6H,1-3H2,(H,7,8)/t;4-/m.0/s1. The van der Waals surface area contributed by atoms with Crippen molar-refractivity contribution in [3.05, 3.63) is 0 Å². The Morgan fingerprint density at radius 1 is 1.00 bits per heavy atom. The van der Waals surface area contributed by atoms with E-state index in [1.54, 1.807) is 0 Å². The summed E-state index contributed by atoms with van der Waals surface area (Å²) < 4.78 is 0. The molecule has 2 rings (SSSR count). The van der Waals surface area contributed by atoms with Crippen LogP contribution in [-0.2, 0) is 4.79 Å². The highest BCUT2D eigenvalue weighted by Crippen LogP contribution is 2.15. The second-order valence-corrected chi connectivity index (χ2v) is 4.11. The number of hydrogen-bond donors (Lipinski definition) is 2. The Kier molecular flexibility index (Phi) is 5.60. The zero-order valence-electron chi connectivity index (χ0n) is 8.80. The lowest BCUT2D eigenvalue weighted by Crippen LogP contribution is -2.29. The van der Waals surface area contributed by atoms with E-state index in [1.807, 2.05) is 0 Å². The third kappa shape index (κ3) is 4.61. The molecular weight excluding hydrogens is 178 g/mol. The zero-order chi connectivity index (χ0) is 10.2. The molecule has 1 heterocycles. The Morgan fingerprint density at radius 2 is 1.50 bits per heavy atom. The maximum absolute atomic E-state index is 10.1. The van der Waals surface area contributed by atoms with Gasteiger partial charge in [-0.05, 0) is 19.4 Å². The van der Waals surface area contributed by atoms with Crippen molar-refractivity contribution in [2.45, 2.75) is 57.4 Å². The largest absolute Gasteiger partial charge is 0.480 e. The third-order valence-electron chi connectivity index (χ3n) is 2.86. The summed E-state index contributed by atoms with van der Waals surface area (Å²) in [7, 11) is 0. The lowest BCUT2D eigenvalue weighted by molar-refractivity contribution is -0.139. The van der Waals surface area contributed by atoms with Crippen molar-refractivity contribution in [3.8, 4) is 0 Å². The Hall–Kier alpha value is -0.570. The molecule has 3 nitrogen and oxygen atoms in total. The SMILES string of the molecule is C1CCCCC1.O=C(O)[C@@H]1CCCN1. The fourth-order valence-corrected chi connectivity index (χ4v) is 1.96. The topological polar surface area (TPSA) is 49.3 Å². The van der Waals surface area contributed by atoms with E-state index in [-0.39, 0.29) is 6.04 Å². The molecule has 2 fully saturated rings. The van der Waals surface area contributed by atoms with Crippen molar-refractivity contribution in [1.82, 2.24) is 5.32 Å². The second-order valence-electron chi connectivity index (χ2n) is 4.11. The first kappa shape index (κ1) is 11.5. The fraction of sp³-hybridized carbons (Fsp3) is 0.909. The smallest absolute Gasteiger partial charge is 0.320 e. The van der Waals surface area contributed by atoms with E-state index in [2.05, 4.69) is 5.32 Å². The van der Waals surface area contributed by atoms with Crippen molar-refractivity contribution in [2.75, 3.05) is 6.54 Å². The van der Waals surface area contributed by atoms with Crippen molar-refractivity contribution < 1.29 is 9.90 Å². The first-order valence-electron chi connectivity index (χ1n) is 5.77. The molecule has 82 valence electrons. The lowest BCUT2D eigenvalue weighted by Gasteiger charge is -2.05. The monoisotopic (exact) mass is 199 g/mol. The Labute approximate surface area is 85.9 Å². The van der Waals surface area contributed by atoms with Crippen LogP contribution in [0.15, 0.2) is 0 Å². The molecule has 1 aliphatic heterocycles. The number of hydrogen-bond acceptors (Lipinski definition) is 2. The van der Waals surface area contributed by atoms with Gasteiger partial charge in [0.2, 0.25) is 0 Å². The zero-order valence-corrected chi connectivity index (χ0v) is 8.80. The summed E-state index contributed by atoms with van der Waals surface area (Å²) in [6, 6.07) is -0.269. The van der Waals surface area contributed by atoms with Crippen LogP contribution in [0, 0.1) is 0 Å². The van der Waals surface area contributed by atoms with Gasteiger partial charge in [-0.1, -0.05) is 38.5 Å². The van der Waals surface area contributed by atoms with E-state index in [1.165, 1.54) is 38.5 Å². The van der Waals surface area contributed by atoms with Crippen LogP contribution in [0.25, 0.3) is 0 Å². The van der Waals surface area contributed by atoms with Crippen LogP contribution in [0.2, 0.25) is 0 Å². The molecule has 0 aromatic rings. The molecule has 1 aliphatic carbocycles. The first-order valence-corrected chi connectivity index (χ1v) is 5.77. The second kappa shape index (κ2) is 6.82. The highest BCUT2D eigenvalue weighted by molar-refractivity contribution is 5.73. The summed E-state index contributed by atoms with van der Waals surface area (Å²) >= 11 is 0. The van der Waals surface area contributed by atoms with Gasteiger partial charge in [-0.3, -0.25) is 4.79 Å². The molecule has 1 saturated heterocycles. The average Bonchev–Trinajstić information content (AvgIpc) is 2.74. The van der Waals surface area contributed by atoms with Crippen LogP contribution >= 0.6 is 0 Å². The van der Waals surface area contributed by atoms with Gasteiger partial charge in [0.25, 0.3) is 0 Å². The summed E-state index contributed by atoms with van der Waals surface area (Å²) in [5.41, 5.74) is 0. The minimum absolute atomic E-state index is 0.269. The Balaban J connectivity index is 0.000000146. The third-order valence-corrected chi connectivity index (χ3v) is 2.86. The van der Waals surface area contributed by atoms with E-state index in [0.717, 1.165) is 19.4 Å². The van der Waals surface area contributed by atoms with Crippen molar-refractivity contribution in [1.29, 1.82) is 0 Å². The molecule has 1 atom stereocenters. The number of nitrogens with one attached hydrogen (secondary N) is 1. The predicted octanol–water partition coefficient (Wildman–Crippen LogP) is 2.16. The highest BCUT2D eigenvalue weighted by Gasteiger charge is 2.20. The van der Waals surface area contributed by atoms with Crippen LogP contribution in [-0.4, -0.2) is 23.7 Å². The van der Waals surface area contributed by atoms with E-state index in [0.29, 0.717) is 0 Å². The van der Waals surface area contributed by atoms with Gasteiger partial charge in [0, 0.05) is 0 Å². The van der Waals surface area contributed by atoms with Crippen molar-refractivity contribution in [3.63, 3.8) is 0 Å². The molecule has 2 aliphatic rings. The maximum Gasteiger partial charge on any atom is 0.320 e. The number of carboxylic acid groups (broad SMARTS) is 1. The van der Waals surface area contributed by atoms with E-state index >= 15 is 0 Å². The van der Waals surface area contributed by atoms with E-state index in [4.69, 9.17) is 5.11 Å². The molecule has 0 amide bonds. The van der Waals surface area contributed by atoms with Crippen molar-refractivity contribution >= 4 is 5.97 Å². The molecule has 0 aromatic carbocycles. The maximum atomic E-state index is 10.1. The van der Waals surface area contributed by atoms with Crippen LogP contribution in [0.5, 0.6) is 0 Å². The van der Waals surface area contributed by atoms with Crippen molar-refractivity contribution in [2.24, 2.45) is 0 Å². The normalized spacial score (nSPS) is 26.4. The summed E-state index contributed by atoms with van der Waals surface area (Å²) in [5.74, 6) is -0.720. The number of carbonyl (C=O) groups is 1. The minimum atomic E-state index is -0.720. The Morgan fingerprint density at radius 3 is 1.71 bits per heavy atom. The summed E-state index contributed by atoms with van der Waals surface area (Å²) in [6.07, 6.45) is 10.8. The van der Waals surface area contributed by atoms with Gasteiger partial charge in [0.15, 0.2) is 0 Å². The number of rotatable bonds is 1. The van der Waals surface area contributed by atoms with Gasteiger partial charge in [0.05, 0.1) is 0 Å². The molecule has 0 bridgehead atoms. The lowest BCUT2D eigenvalue weighted by atomic mass is 10.0. The highest BCUT2D eigenvalue weighted by atomic mass is 16.4. The van der Waals surface area contributed by atoms with Crippen LogP contribution in [0.1, 0.15) is 51.4 Å². The fourth-order valence-electron chi connectivity index (χ4n) is 1.96. The molecule has 0 radical (unpaired) electrons. The van der Waals surface area contributed by atoms with E-state index < -0.39 is 5.97 Å². The summed E-state index contributed by atoms with van der Waals surface area (Å²) in [4.78, 5) is 10.1. The minimum Gasteiger partial charge on any atom is -0.480 e. The van der Waals surface area contributed by atoms with Gasteiger partial charge in [-0.15, -0.1) is 0 Å². The van der Waals surface area contributed by atoms with Crippen LogP contribution < -0.4 is 5.32 Å². The quantitative estimate of drug-likeness (QED) is 0.680. The van der Waals surface area contributed by atoms with Gasteiger partial charge in [-0.2, -0.15) is 0 Å². The average molecular weight is 199 g/mol. The van der Waals surface area contributed by atoms with Gasteiger partial charge >= 0.3 is 5.97 Å². The molecule has 0 unspecified atom stereocenters.